The summed E-state index contributed by atoms with van der Waals surface area (Å²) in [7, 11) is 0. The van der Waals surface area contributed by atoms with Crippen molar-refractivity contribution in [1.29, 1.82) is 0 Å². The summed E-state index contributed by atoms with van der Waals surface area (Å²) >= 11 is 3.36. The summed E-state index contributed by atoms with van der Waals surface area (Å²) in [5, 5.41) is 13.4. The molecular weight excluding hydrogens is 614 g/mol. The van der Waals surface area contributed by atoms with Gasteiger partial charge in [-0.25, -0.2) is 10.0 Å². The van der Waals surface area contributed by atoms with Gasteiger partial charge in [0.1, 0.15) is 0 Å². The number of nitrogens with zero attached hydrogens (tertiary/aromatic N) is 2. The summed E-state index contributed by atoms with van der Waals surface area (Å²) in [6, 6.07) is 0. The van der Waals surface area contributed by atoms with E-state index in [1.165, 1.54) is 0 Å². The molecule has 0 atom stereocenters. The molecule has 0 saturated carbocycles. The first-order valence-corrected chi connectivity index (χ1v) is 7.78. The molecule has 2 heterocycles. The van der Waals surface area contributed by atoms with Crippen molar-refractivity contribution < 1.29 is 164 Å². The van der Waals surface area contributed by atoms with Crippen LogP contribution in [-0.2, 0) is 19.2 Å². The van der Waals surface area contributed by atoms with E-state index in [0.29, 0.717) is 0 Å². The number of nitrogens with two attached hydrogens (primary N) is 1. The van der Waals surface area contributed by atoms with Crippen LogP contribution in [-0.4, -0.2) is 81.0 Å². The average molecular weight is 639 g/mol. The van der Waals surface area contributed by atoms with Gasteiger partial charge in [0, 0.05) is 38.1 Å². The molecule has 0 aromatic rings. The molecule has 2 aliphatic heterocycles. The molecule has 0 aromatic heterocycles. The van der Waals surface area contributed by atoms with Gasteiger partial charge in [-0.15, -0.1) is 0 Å². The van der Waals surface area contributed by atoms with E-state index in [4.69, 9.17) is 25.4 Å². The molecule has 2 aliphatic rings. The average Bonchev–Trinajstić information content (AvgIpc) is 2.55. The molecule has 0 amide bonds. The maximum absolute atomic E-state index is 8.64. The van der Waals surface area contributed by atoms with E-state index in [-0.39, 0.29) is 146 Å². The zero-order chi connectivity index (χ0) is 15.8. The van der Waals surface area contributed by atoms with Crippen molar-refractivity contribution in [1.82, 2.24) is 15.4 Å². The summed E-state index contributed by atoms with van der Waals surface area (Å²) in [4.78, 5) is 11.2. The van der Waals surface area contributed by atoms with Crippen molar-refractivity contribution >= 4 is 22.4 Å². The van der Waals surface area contributed by atoms with Gasteiger partial charge in [0.15, 0.2) is 0 Å². The van der Waals surface area contributed by atoms with E-state index >= 15 is 0 Å². The Morgan fingerprint density at radius 1 is 1.17 bits per heavy atom. The van der Waals surface area contributed by atoms with Crippen molar-refractivity contribution in [3.05, 3.63) is 0 Å². The van der Waals surface area contributed by atoms with Crippen molar-refractivity contribution in [3.63, 3.8) is 0 Å². The van der Waals surface area contributed by atoms with Gasteiger partial charge in [0.05, 0.1) is 26.4 Å². The fourth-order valence-corrected chi connectivity index (χ4v) is 1.68. The minimum Gasteiger partial charge on any atom is -1.00 e. The number of carbonyl (C=O) groups excluding carboxylic acids is 1. The number of nitrogens with one attached hydrogen (secondary N) is 1. The zero-order valence-electron chi connectivity index (χ0n) is 15.0. The number of rotatable bonds is 4. The van der Waals surface area contributed by atoms with Crippen molar-refractivity contribution in [2.75, 3.05) is 64.5 Å². The van der Waals surface area contributed by atoms with Crippen LogP contribution in [0.1, 0.15) is 1.43 Å². The van der Waals surface area contributed by atoms with Crippen LogP contribution >= 0.6 is 15.9 Å². The third-order valence-corrected chi connectivity index (χ3v) is 2.92. The fraction of sp³-hybridized carbons (Fsp3) is 0.909. The molecule has 2 fully saturated rings. The molecule has 0 bridgehead atoms. The summed E-state index contributed by atoms with van der Waals surface area (Å²) in [6.07, 6.45) is 0. The van der Waals surface area contributed by atoms with Crippen molar-refractivity contribution in [2.45, 2.75) is 0 Å². The van der Waals surface area contributed by atoms with E-state index in [9.17, 15) is 0 Å². The first-order chi connectivity index (χ1) is 10.2. The van der Waals surface area contributed by atoms with Crippen molar-refractivity contribution in [2.24, 2.45) is 5.84 Å². The monoisotopic (exact) mass is 638 g/mol. The Morgan fingerprint density at radius 2 is 1.61 bits per heavy atom. The fourth-order valence-electron chi connectivity index (χ4n) is 1.50. The molecular formula is C11H25BrCs2N4O5. The van der Waals surface area contributed by atoms with Crippen LogP contribution < -0.4 is 154 Å². The second-order valence-corrected chi connectivity index (χ2v) is 4.83. The maximum atomic E-state index is 8.64. The van der Waals surface area contributed by atoms with Gasteiger partial charge in [-0.3, -0.25) is 16.1 Å². The Labute approximate surface area is 265 Å². The van der Waals surface area contributed by atoms with Crippen LogP contribution in [0.4, 0.5) is 0 Å². The Bertz CT molecular complexity index is 244. The zero-order valence-corrected chi connectivity index (χ0v) is 28.2. The number of halogens is 1. The van der Waals surface area contributed by atoms with Crippen LogP contribution in [0.3, 0.4) is 0 Å². The largest absolute Gasteiger partial charge is 1.00 e. The van der Waals surface area contributed by atoms with E-state index in [0.717, 1.165) is 64.5 Å². The molecule has 2 saturated heterocycles. The summed E-state index contributed by atoms with van der Waals surface area (Å²) in [5.74, 6) is 5.39. The quantitative estimate of drug-likeness (QED) is 0.102. The molecule has 23 heavy (non-hydrogen) atoms. The van der Waals surface area contributed by atoms with Crippen LogP contribution in [0, 0.1) is 0 Å². The molecule has 128 valence electrons. The first kappa shape index (κ1) is 31.5. The standard InChI is InChI=1S/C6H13BrN2O.C4H10N2O.CH2O3.2Cs.H/c7-1-2-8-9-3-5-10-6-4-9;5-6-1-3-7-4-2-6;2-1-4-3;;;/h8H,1-6H2;1-5H2;1,3H;;;/q;;;2*+1;-1/p-1. The minimum absolute atomic E-state index is 0. The second kappa shape index (κ2) is 25.8. The van der Waals surface area contributed by atoms with Gasteiger partial charge >= 0.3 is 138 Å². The summed E-state index contributed by atoms with van der Waals surface area (Å²) < 4.78 is 10.2. The Kier molecular flexibility index (Phi) is 35.3. The van der Waals surface area contributed by atoms with Gasteiger partial charge in [0.25, 0.3) is 6.47 Å². The molecule has 0 spiro atoms. The van der Waals surface area contributed by atoms with Gasteiger partial charge in [-0.2, -0.15) is 0 Å². The Hall–Kier alpha value is 3.77. The number of hydrogen-bond donors (Lipinski definition) is 2. The number of hydrazine groups is 2. The van der Waals surface area contributed by atoms with Gasteiger partial charge < -0.3 is 21.0 Å². The van der Waals surface area contributed by atoms with E-state index < -0.39 is 0 Å². The summed E-state index contributed by atoms with van der Waals surface area (Å²) in [5.41, 5.74) is 3.28. The SMILES string of the molecule is BrCCNN1CCOCC1.NN1CCOCC1.O=CO[O-].[Cs+].[Cs+].[H-]. The molecule has 0 unspecified atom stereocenters. The number of carbonyl (C=O) groups is 1. The summed E-state index contributed by atoms with van der Waals surface area (Å²) in [6.45, 7) is 7.87. The maximum Gasteiger partial charge on any atom is 1.00 e. The first-order valence-electron chi connectivity index (χ1n) is 6.66. The Morgan fingerprint density at radius 3 is 1.91 bits per heavy atom. The van der Waals surface area contributed by atoms with Crippen LogP contribution in [0.15, 0.2) is 0 Å². The molecule has 12 heteroatoms. The van der Waals surface area contributed by atoms with E-state index in [2.05, 4.69) is 31.3 Å². The van der Waals surface area contributed by atoms with Crippen LogP contribution in [0.2, 0.25) is 0 Å². The van der Waals surface area contributed by atoms with Crippen LogP contribution in [0.25, 0.3) is 0 Å². The Balaban J connectivity index is -0.000000128. The third-order valence-electron chi connectivity index (χ3n) is 2.53. The normalized spacial score (nSPS) is 17.9. The van der Waals surface area contributed by atoms with E-state index in [1.54, 1.807) is 5.01 Å². The van der Waals surface area contributed by atoms with Gasteiger partial charge in [0.2, 0.25) is 0 Å². The number of ether oxygens (including phenoxy) is 2. The van der Waals surface area contributed by atoms with E-state index in [1.807, 2.05) is 0 Å². The molecule has 9 nitrogen and oxygen atoms in total. The number of alkyl halides is 1. The van der Waals surface area contributed by atoms with Crippen LogP contribution in [0.5, 0.6) is 0 Å². The smallest absolute Gasteiger partial charge is 1.00 e. The van der Waals surface area contributed by atoms with Gasteiger partial charge in [-0.1, -0.05) is 15.9 Å². The minimum atomic E-state index is -0.181. The molecule has 2 rings (SSSR count). The topological polar surface area (TPSA) is 112 Å². The number of hydrogen-bond acceptors (Lipinski definition) is 9. The predicted molar refractivity (Wildman–Crippen MR) is 79.0 cm³/mol. The molecule has 0 aliphatic carbocycles. The molecule has 0 aromatic carbocycles. The van der Waals surface area contributed by atoms with Crippen molar-refractivity contribution in [3.8, 4) is 0 Å². The third kappa shape index (κ3) is 23.7. The number of morpholine rings is 2. The second-order valence-electron chi connectivity index (χ2n) is 4.04. The predicted octanol–water partition coefficient (Wildman–Crippen LogP) is -8.03. The van der Waals surface area contributed by atoms with Gasteiger partial charge in [-0.05, 0) is 0 Å². The molecule has 3 N–H and O–H groups in total. The molecule has 0 radical (unpaired) electrons.